The predicted molar refractivity (Wildman–Crippen MR) is 106 cm³/mol. The minimum absolute atomic E-state index is 0.109. The van der Waals surface area contributed by atoms with E-state index in [-0.39, 0.29) is 23.8 Å². The maximum atomic E-state index is 12.5. The lowest BCUT2D eigenvalue weighted by molar-refractivity contribution is -0.122. The molecule has 2 aliphatic heterocycles. The summed E-state index contributed by atoms with van der Waals surface area (Å²) in [5.74, 6) is 0.165. The summed E-state index contributed by atoms with van der Waals surface area (Å²) in [5.41, 5.74) is 2.88. The third kappa shape index (κ3) is 2.80. The molecule has 0 spiro atoms. The van der Waals surface area contributed by atoms with Crippen LogP contribution in [0.15, 0.2) is 29.1 Å². The lowest BCUT2D eigenvalue weighted by Crippen LogP contribution is -2.40. The van der Waals surface area contributed by atoms with Crippen molar-refractivity contribution in [1.29, 1.82) is 0 Å². The fourth-order valence-corrected chi connectivity index (χ4v) is 4.47. The number of hydrogen-bond donors (Lipinski definition) is 3. The molecule has 1 aromatic carbocycles. The number of amides is 1. The van der Waals surface area contributed by atoms with Gasteiger partial charge in [-0.05, 0) is 44.5 Å². The minimum atomic E-state index is -0.585. The zero-order valence-electron chi connectivity index (χ0n) is 15.5. The zero-order valence-corrected chi connectivity index (χ0v) is 15.5. The zero-order chi connectivity index (χ0) is 19.3. The number of aromatic nitrogens is 3. The van der Waals surface area contributed by atoms with E-state index in [0.29, 0.717) is 18.6 Å². The maximum absolute atomic E-state index is 12.5. The molecule has 2 aromatic heterocycles. The molecule has 28 heavy (non-hydrogen) atoms. The summed E-state index contributed by atoms with van der Waals surface area (Å²) in [5, 5.41) is 18.7. The normalized spacial score (nSPS) is 21.7. The second kappa shape index (κ2) is 6.72. The predicted octanol–water partition coefficient (Wildman–Crippen LogP) is 1.13. The van der Waals surface area contributed by atoms with E-state index in [1.54, 1.807) is 11.0 Å². The molecule has 1 amide bonds. The molecule has 8 nitrogen and oxygen atoms in total. The summed E-state index contributed by atoms with van der Waals surface area (Å²) < 4.78 is 1.84. The van der Waals surface area contributed by atoms with Gasteiger partial charge < -0.3 is 20.3 Å². The molecule has 3 N–H and O–H groups in total. The number of hydrogen-bond acceptors (Lipinski definition) is 5. The monoisotopic (exact) mass is 381 g/mol. The van der Waals surface area contributed by atoms with Crippen LogP contribution >= 0.6 is 0 Å². The number of aliphatic hydroxyl groups is 1. The summed E-state index contributed by atoms with van der Waals surface area (Å²) in [7, 11) is 0. The fraction of sp³-hybridized carbons (Fsp3) is 0.450. The number of nitrogens with one attached hydrogen (secondary N) is 2. The standard InChI is InChI=1S/C20H23N5O3/c26-13-6-9-24(18(28)10-13)15-3-1-2-14-19(15)20-22-17(27)11-16(25(20)23-14)12-4-7-21-8-5-12/h1-3,11-13,21,26H,4-10H2,(H,22,27). The Morgan fingerprint density at radius 2 is 1.96 bits per heavy atom. The van der Waals surface area contributed by atoms with E-state index in [0.717, 1.165) is 48.2 Å². The van der Waals surface area contributed by atoms with Crippen molar-refractivity contribution in [2.24, 2.45) is 0 Å². The fourth-order valence-electron chi connectivity index (χ4n) is 4.47. The third-order valence-electron chi connectivity index (χ3n) is 5.89. The molecule has 3 aromatic rings. The highest BCUT2D eigenvalue weighted by Gasteiger charge is 2.28. The highest BCUT2D eigenvalue weighted by molar-refractivity contribution is 6.08. The van der Waals surface area contributed by atoms with E-state index in [2.05, 4.69) is 10.3 Å². The van der Waals surface area contributed by atoms with Crippen LogP contribution in [0.4, 0.5) is 5.69 Å². The molecule has 0 bridgehead atoms. The van der Waals surface area contributed by atoms with Gasteiger partial charge in [0.05, 0.1) is 34.8 Å². The van der Waals surface area contributed by atoms with Crippen LogP contribution in [0.5, 0.6) is 0 Å². The number of rotatable bonds is 2. The Hall–Kier alpha value is -2.71. The van der Waals surface area contributed by atoms with Crippen LogP contribution in [0.3, 0.4) is 0 Å². The van der Waals surface area contributed by atoms with E-state index in [1.807, 2.05) is 22.7 Å². The molecule has 2 fully saturated rings. The van der Waals surface area contributed by atoms with Gasteiger partial charge in [0, 0.05) is 18.5 Å². The summed E-state index contributed by atoms with van der Waals surface area (Å²) in [6.07, 6.45) is 2.00. The van der Waals surface area contributed by atoms with Gasteiger partial charge >= 0.3 is 0 Å². The Morgan fingerprint density at radius 3 is 2.75 bits per heavy atom. The van der Waals surface area contributed by atoms with Crippen molar-refractivity contribution < 1.29 is 9.90 Å². The van der Waals surface area contributed by atoms with Crippen molar-refractivity contribution in [3.05, 3.63) is 40.3 Å². The molecule has 1 unspecified atom stereocenters. The molecule has 146 valence electrons. The van der Waals surface area contributed by atoms with E-state index in [4.69, 9.17) is 5.10 Å². The minimum Gasteiger partial charge on any atom is -0.393 e. The lowest BCUT2D eigenvalue weighted by Gasteiger charge is -2.29. The Labute approximate surface area is 161 Å². The van der Waals surface area contributed by atoms with Gasteiger partial charge in [0.2, 0.25) is 5.91 Å². The number of anilines is 1. The molecule has 2 aliphatic rings. The molecule has 8 heteroatoms. The average Bonchev–Trinajstić information content (AvgIpc) is 3.07. The summed E-state index contributed by atoms with van der Waals surface area (Å²) >= 11 is 0. The number of piperidine rings is 2. The molecule has 0 aliphatic carbocycles. The van der Waals surface area contributed by atoms with Crippen molar-refractivity contribution in [1.82, 2.24) is 19.9 Å². The third-order valence-corrected chi connectivity index (χ3v) is 5.89. The number of carbonyl (C=O) groups excluding carboxylic acids is 1. The quantitative estimate of drug-likeness (QED) is 0.618. The smallest absolute Gasteiger partial charge is 0.251 e. The average molecular weight is 381 g/mol. The molecule has 2 saturated heterocycles. The Morgan fingerprint density at radius 1 is 1.14 bits per heavy atom. The van der Waals surface area contributed by atoms with Crippen molar-refractivity contribution in [2.75, 3.05) is 24.5 Å². The number of benzene rings is 1. The van der Waals surface area contributed by atoms with Crippen LogP contribution in [-0.2, 0) is 4.79 Å². The molecule has 0 saturated carbocycles. The van der Waals surface area contributed by atoms with E-state index >= 15 is 0 Å². The van der Waals surface area contributed by atoms with Crippen molar-refractivity contribution in [3.8, 4) is 0 Å². The summed E-state index contributed by atoms with van der Waals surface area (Å²) in [4.78, 5) is 29.6. The van der Waals surface area contributed by atoms with Crippen LogP contribution < -0.4 is 15.8 Å². The van der Waals surface area contributed by atoms with Gasteiger partial charge in [-0.1, -0.05) is 6.07 Å². The molecule has 0 radical (unpaired) electrons. The van der Waals surface area contributed by atoms with E-state index in [9.17, 15) is 14.7 Å². The SMILES string of the molecule is O=C1CC(O)CCN1c1cccc2nn3c(C4CCNCC4)cc(=O)[nH]c3c12. The Balaban J connectivity index is 1.72. The van der Waals surface area contributed by atoms with Gasteiger partial charge in [-0.15, -0.1) is 0 Å². The molecule has 5 rings (SSSR count). The van der Waals surface area contributed by atoms with Crippen LogP contribution in [0.2, 0.25) is 0 Å². The van der Waals surface area contributed by atoms with Gasteiger partial charge in [0.1, 0.15) is 5.65 Å². The number of H-pyrrole nitrogens is 1. The van der Waals surface area contributed by atoms with Crippen LogP contribution in [0.25, 0.3) is 16.6 Å². The first-order chi connectivity index (χ1) is 13.6. The van der Waals surface area contributed by atoms with Crippen molar-refractivity contribution >= 4 is 28.1 Å². The van der Waals surface area contributed by atoms with Crippen LogP contribution in [0, 0.1) is 0 Å². The molecule has 1 atom stereocenters. The number of nitrogens with zero attached hydrogens (tertiary/aromatic N) is 3. The Bertz CT molecular complexity index is 1110. The van der Waals surface area contributed by atoms with E-state index in [1.165, 1.54) is 0 Å². The number of fused-ring (bicyclic) bond motifs is 3. The summed E-state index contributed by atoms with van der Waals surface area (Å²) in [6.45, 7) is 2.31. The first-order valence-electron chi connectivity index (χ1n) is 9.85. The first kappa shape index (κ1) is 17.4. The number of aliphatic hydroxyl groups excluding tert-OH is 1. The van der Waals surface area contributed by atoms with Gasteiger partial charge in [-0.2, -0.15) is 5.10 Å². The van der Waals surface area contributed by atoms with Gasteiger partial charge in [0.15, 0.2) is 0 Å². The number of carbonyl (C=O) groups is 1. The highest BCUT2D eigenvalue weighted by atomic mass is 16.3. The topological polar surface area (TPSA) is 103 Å². The first-order valence-corrected chi connectivity index (χ1v) is 9.85. The maximum Gasteiger partial charge on any atom is 0.251 e. The number of aromatic amines is 1. The van der Waals surface area contributed by atoms with Gasteiger partial charge in [-0.25, -0.2) is 4.52 Å². The van der Waals surface area contributed by atoms with Crippen molar-refractivity contribution in [2.45, 2.75) is 37.7 Å². The molecule has 4 heterocycles. The van der Waals surface area contributed by atoms with E-state index < -0.39 is 6.10 Å². The van der Waals surface area contributed by atoms with Gasteiger partial charge in [-0.3, -0.25) is 9.59 Å². The lowest BCUT2D eigenvalue weighted by atomic mass is 9.94. The molecular formula is C20H23N5O3. The van der Waals surface area contributed by atoms with Crippen molar-refractivity contribution in [3.63, 3.8) is 0 Å². The van der Waals surface area contributed by atoms with Gasteiger partial charge in [0.25, 0.3) is 5.56 Å². The molecular weight excluding hydrogens is 358 g/mol. The largest absolute Gasteiger partial charge is 0.393 e. The second-order valence-electron chi connectivity index (χ2n) is 7.71. The van der Waals surface area contributed by atoms with Crippen LogP contribution in [-0.4, -0.2) is 51.4 Å². The highest BCUT2D eigenvalue weighted by Crippen LogP contribution is 2.33. The Kier molecular flexibility index (Phi) is 4.17. The summed E-state index contributed by atoms with van der Waals surface area (Å²) in [6, 6.07) is 7.32. The van der Waals surface area contributed by atoms with Crippen LogP contribution in [0.1, 0.15) is 37.3 Å². The second-order valence-corrected chi connectivity index (χ2v) is 7.71.